The lowest BCUT2D eigenvalue weighted by Gasteiger charge is -2.38. The Labute approximate surface area is 83.4 Å². The Balaban J connectivity index is 2.08. The molecule has 1 aliphatic rings. The number of aryl methyl sites for hydroxylation is 1. The summed E-state index contributed by atoms with van der Waals surface area (Å²) in [6, 6.07) is 0. The topological polar surface area (TPSA) is 33.2 Å². The number of aromatic nitrogens is 1. The van der Waals surface area contributed by atoms with Gasteiger partial charge in [-0.3, -0.25) is 4.79 Å². The Hall–Kier alpha value is -1.04. The first-order valence-electron chi connectivity index (χ1n) is 4.07. The van der Waals surface area contributed by atoms with Gasteiger partial charge < -0.3 is 4.90 Å². The Morgan fingerprint density at radius 3 is 2.71 bits per heavy atom. The van der Waals surface area contributed by atoms with E-state index in [2.05, 4.69) is 4.98 Å². The number of alkyl halides is 2. The molecule has 0 radical (unpaired) electrons. The SMILES string of the molecule is Cc1ncsc1C(=O)N1CC(F)(F)C1. The van der Waals surface area contributed by atoms with Gasteiger partial charge in [0, 0.05) is 0 Å². The van der Waals surface area contributed by atoms with E-state index in [1.807, 2.05) is 0 Å². The average Bonchev–Trinajstić information content (AvgIpc) is 2.45. The summed E-state index contributed by atoms with van der Waals surface area (Å²) in [7, 11) is 0. The zero-order chi connectivity index (χ0) is 10.3. The molecule has 0 aliphatic carbocycles. The first kappa shape index (κ1) is 9.51. The van der Waals surface area contributed by atoms with E-state index in [1.165, 1.54) is 11.3 Å². The monoisotopic (exact) mass is 218 g/mol. The summed E-state index contributed by atoms with van der Waals surface area (Å²) in [5.74, 6) is -3.04. The third-order valence-corrected chi connectivity index (χ3v) is 2.99. The van der Waals surface area contributed by atoms with E-state index in [1.54, 1.807) is 12.4 Å². The maximum Gasteiger partial charge on any atom is 0.282 e. The largest absolute Gasteiger partial charge is 0.326 e. The van der Waals surface area contributed by atoms with Crippen LogP contribution in [-0.4, -0.2) is 34.8 Å². The molecule has 0 unspecified atom stereocenters. The lowest BCUT2D eigenvalue weighted by atomic mass is 10.1. The van der Waals surface area contributed by atoms with E-state index in [0.29, 0.717) is 10.6 Å². The molecule has 2 rings (SSSR count). The van der Waals surface area contributed by atoms with E-state index >= 15 is 0 Å². The number of amides is 1. The minimum Gasteiger partial charge on any atom is -0.326 e. The highest BCUT2D eigenvalue weighted by Gasteiger charge is 2.46. The van der Waals surface area contributed by atoms with Gasteiger partial charge in [-0.2, -0.15) is 0 Å². The lowest BCUT2D eigenvalue weighted by molar-refractivity contribution is -0.112. The summed E-state index contributed by atoms with van der Waals surface area (Å²) in [6.45, 7) is 0.758. The summed E-state index contributed by atoms with van der Waals surface area (Å²) < 4.78 is 25.0. The molecule has 0 saturated carbocycles. The van der Waals surface area contributed by atoms with Crippen molar-refractivity contribution in [3.8, 4) is 0 Å². The van der Waals surface area contributed by atoms with Crippen LogP contribution in [0.3, 0.4) is 0 Å². The molecule has 0 aromatic carbocycles. The minimum atomic E-state index is -2.70. The third-order valence-electron chi connectivity index (χ3n) is 2.07. The van der Waals surface area contributed by atoms with Crippen LogP contribution in [0.2, 0.25) is 0 Å². The highest BCUT2D eigenvalue weighted by Crippen LogP contribution is 2.29. The standard InChI is InChI=1S/C8H8F2N2OS/c1-5-6(14-4-11-5)7(13)12-2-8(9,10)3-12/h4H,2-3H2,1H3. The number of thiazole rings is 1. The Morgan fingerprint density at radius 1 is 1.64 bits per heavy atom. The molecule has 1 aromatic rings. The van der Waals surface area contributed by atoms with Crippen molar-refractivity contribution in [3.63, 3.8) is 0 Å². The molecule has 2 heterocycles. The van der Waals surface area contributed by atoms with Crippen LogP contribution in [0.5, 0.6) is 0 Å². The van der Waals surface area contributed by atoms with Crippen LogP contribution in [0.1, 0.15) is 15.4 Å². The number of nitrogens with zero attached hydrogens (tertiary/aromatic N) is 2. The van der Waals surface area contributed by atoms with Crippen molar-refractivity contribution in [2.75, 3.05) is 13.1 Å². The van der Waals surface area contributed by atoms with E-state index in [-0.39, 0.29) is 5.91 Å². The molecule has 1 fully saturated rings. The number of halogens is 2. The fraction of sp³-hybridized carbons (Fsp3) is 0.500. The third kappa shape index (κ3) is 1.50. The van der Waals surface area contributed by atoms with Gasteiger partial charge in [0.15, 0.2) is 0 Å². The fourth-order valence-corrected chi connectivity index (χ4v) is 2.08. The van der Waals surface area contributed by atoms with Crippen LogP contribution < -0.4 is 0 Å². The van der Waals surface area contributed by atoms with Crippen LogP contribution in [0.4, 0.5) is 8.78 Å². The van der Waals surface area contributed by atoms with Crippen molar-refractivity contribution in [2.24, 2.45) is 0 Å². The molecule has 14 heavy (non-hydrogen) atoms. The molecule has 0 spiro atoms. The lowest BCUT2D eigenvalue weighted by Crippen LogP contribution is -2.58. The summed E-state index contributed by atoms with van der Waals surface area (Å²) in [4.78, 5) is 17.1. The molecular weight excluding hydrogens is 210 g/mol. The number of carbonyl (C=O) groups is 1. The van der Waals surface area contributed by atoms with Gasteiger partial charge in [0.1, 0.15) is 4.88 Å². The van der Waals surface area contributed by atoms with Crippen molar-refractivity contribution in [3.05, 3.63) is 16.1 Å². The number of rotatable bonds is 1. The fourth-order valence-electron chi connectivity index (χ4n) is 1.31. The molecule has 1 aromatic heterocycles. The van der Waals surface area contributed by atoms with E-state index in [9.17, 15) is 13.6 Å². The summed E-state index contributed by atoms with van der Waals surface area (Å²) in [5.41, 5.74) is 2.15. The number of likely N-dealkylation sites (tertiary alicyclic amines) is 1. The molecule has 0 atom stereocenters. The van der Waals surface area contributed by atoms with E-state index in [4.69, 9.17) is 0 Å². The normalized spacial score (nSPS) is 19.2. The van der Waals surface area contributed by atoms with Crippen molar-refractivity contribution < 1.29 is 13.6 Å². The molecule has 0 N–H and O–H groups in total. The Morgan fingerprint density at radius 2 is 2.29 bits per heavy atom. The first-order chi connectivity index (χ1) is 6.49. The second-order valence-electron chi connectivity index (χ2n) is 3.28. The molecule has 76 valence electrons. The van der Waals surface area contributed by atoms with Crippen LogP contribution in [-0.2, 0) is 0 Å². The molecular formula is C8H8F2N2OS. The average molecular weight is 218 g/mol. The summed E-state index contributed by atoms with van der Waals surface area (Å²) >= 11 is 1.19. The highest BCUT2D eigenvalue weighted by molar-refractivity contribution is 7.11. The van der Waals surface area contributed by atoms with Crippen molar-refractivity contribution in [1.82, 2.24) is 9.88 Å². The zero-order valence-corrected chi connectivity index (χ0v) is 8.27. The van der Waals surface area contributed by atoms with Gasteiger partial charge in [0.05, 0.1) is 24.3 Å². The van der Waals surface area contributed by atoms with Crippen LogP contribution in [0.25, 0.3) is 0 Å². The van der Waals surface area contributed by atoms with Crippen LogP contribution >= 0.6 is 11.3 Å². The molecule has 3 nitrogen and oxygen atoms in total. The summed E-state index contributed by atoms with van der Waals surface area (Å²) in [6.07, 6.45) is 0. The quantitative estimate of drug-likeness (QED) is 0.716. The molecule has 1 saturated heterocycles. The van der Waals surface area contributed by atoms with Gasteiger partial charge in [-0.1, -0.05) is 0 Å². The van der Waals surface area contributed by atoms with Gasteiger partial charge >= 0.3 is 0 Å². The Kier molecular flexibility index (Phi) is 2.02. The van der Waals surface area contributed by atoms with E-state index < -0.39 is 19.0 Å². The van der Waals surface area contributed by atoms with Crippen LogP contribution in [0.15, 0.2) is 5.51 Å². The summed E-state index contributed by atoms with van der Waals surface area (Å²) in [5, 5.41) is 0. The molecule has 6 heteroatoms. The minimum absolute atomic E-state index is 0.337. The van der Waals surface area contributed by atoms with Crippen molar-refractivity contribution >= 4 is 17.2 Å². The van der Waals surface area contributed by atoms with Gasteiger partial charge in [-0.25, -0.2) is 13.8 Å². The van der Waals surface area contributed by atoms with E-state index in [0.717, 1.165) is 4.90 Å². The van der Waals surface area contributed by atoms with Crippen molar-refractivity contribution in [1.29, 1.82) is 0 Å². The number of carbonyl (C=O) groups excluding carboxylic acids is 1. The van der Waals surface area contributed by atoms with Gasteiger partial charge in [-0.05, 0) is 6.92 Å². The van der Waals surface area contributed by atoms with Gasteiger partial charge in [-0.15, -0.1) is 11.3 Å². The van der Waals surface area contributed by atoms with Gasteiger partial charge in [0.25, 0.3) is 11.8 Å². The molecule has 1 aliphatic heterocycles. The number of hydrogen-bond acceptors (Lipinski definition) is 3. The second kappa shape index (κ2) is 2.98. The zero-order valence-electron chi connectivity index (χ0n) is 7.46. The predicted molar refractivity (Wildman–Crippen MR) is 47.7 cm³/mol. The Bertz CT molecular complexity index is 369. The van der Waals surface area contributed by atoms with Gasteiger partial charge in [0.2, 0.25) is 0 Å². The second-order valence-corrected chi connectivity index (χ2v) is 4.14. The smallest absolute Gasteiger partial charge is 0.282 e. The molecule has 1 amide bonds. The first-order valence-corrected chi connectivity index (χ1v) is 4.95. The van der Waals surface area contributed by atoms with Crippen molar-refractivity contribution in [2.45, 2.75) is 12.8 Å². The predicted octanol–water partition coefficient (Wildman–Crippen LogP) is 1.54. The van der Waals surface area contributed by atoms with Crippen LogP contribution in [0, 0.1) is 6.92 Å². The maximum atomic E-state index is 12.5. The molecule has 0 bridgehead atoms. The maximum absolute atomic E-state index is 12.5. The number of hydrogen-bond donors (Lipinski definition) is 0. The highest BCUT2D eigenvalue weighted by atomic mass is 32.1.